The molecule has 0 aromatic carbocycles. The van der Waals surface area contributed by atoms with Gasteiger partial charge in [-0.15, -0.1) is 0 Å². The predicted molar refractivity (Wildman–Crippen MR) is 31.1 cm³/mol. The first-order chi connectivity index (χ1) is 3.33. The third-order valence-electron chi connectivity index (χ3n) is 0.0962. The minimum Gasteiger partial charge on any atom is -0.324 e. The summed E-state index contributed by atoms with van der Waals surface area (Å²) in [6.07, 6.45) is 1.90. The fraction of sp³-hybridized carbons (Fsp3) is 0.800. The van der Waals surface area contributed by atoms with Crippen molar-refractivity contribution < 1.29 is 4.79 Å². The van der Waals surface area contributed by atoms with E-state index in [1.54, 1.807) is 0 Å². The van der Waals surface area contributed by atoms with Crippen LogP contribution in [0, 0.1) is 0 Å². The van der Waals surface area contributed by atoms with Gasteiger partial charge in [-0.1, -0.05) is 20.3 Å². The SMILES string of the molecule is CCC.NCC=O. The maximum Gasteiger partial charge on any atom is 0.133 e. The molecule has 0 atom stereocenters. The summed E-state index contributed by atoms with van der Waals surface area (Å²) in [6, 6.07) is 0. The summed E-state index contributed by atoms with van der Waals surface area (Å²) < 4.78 is 0. The molecule has 2 heteroatoms. The van der Waals surface area contributed by atoms with Crippen LogP contribution in [0.25, 0.3) is 0 Å². The predicted octanol–water partition coefficient (Wildman–Crippen LogP) is 0.560. The molecule has 0 spiro atoms. The number of hydrogen-bond donors (Lipinski definition) is 1. The van der Waals surface area contributed by atoms with Crippen molar-refractivity contribution in [2.75, 3.05) is 6.54 Å². The second-order valence-electron chi connectivity index (χ2n) is 1.11. The zero-order valence-electron chi connectivity index (χ0n) is 4.98. The van der Waals surface area contributed by atoms with Gasteiger partial charge < -0.3 is 10.5 Å². The monoisotopic (exact) mass is 103 g/mol. The molecular weight excluding hydrogens is 90.1 g/mol. The first kappa shape index (κ1) is 9.80. The Bertz CT molecular complexity index is 29.3. The summed E-state index contributed by atoms with van der Waals surface area (Å²) in [5.41, 5.74) is 4.66. The number of hydrogen-bond acceptors (Lipinski definition) is 2. The van der Waals surface area contributed by atoms with E-state index in [2.05, 4.69) is 19.6 Å². The Morgan fingerprint density at radius 1 is 1.57 bits per heavy atom. The van der Waals surface area contributed by atoms with Gasteiger partial charge in [0, 0.05) is 6.54 Å². The largest absolute Gasteiger partial charge is 0.324 e. The van der Waals surface area contributed by atoms with Gasteiger partial charge in [0.15, 0.2) is 0 Å². The Balaban J connectivity index is 0. The minimum atomic E-state index is 0.139. The van der Waals surface area contributed by atoms with Gasteiger partial charge in [0.25, 0.3) is 0 Å². The van der Waals surface area contributed by atoms with Gasteiger partial charge in [0.1, 0.15) is 6.29 Å². The van der Waals surface area contributed by atoms with Gasteiger partial charge in [0.05, 0.1) is 0 Å². The summed E-state index contributed by atoms with van der Waals surface area (Å²) in [4.78, 5) is 9.05. The molecule has 0 heterocycles. The van der Waals surface area contributed by atoms with Crippen LogP contribution in [0.4, 0.5) is 0 Å². The van der Waals surface area contributed by atoms with E-state index in [9.17, 15) is 0 Å². The zero-order valence-corrected chi connectivity index (χ0v) is 4.98. The fourth-order valence-electron chi connectivity index (χ4n) is 0. The Kier molecular flexibility index (Phi) is 24.4. The summed E-state index contributed by atoms with van der Waals surface area (Å²) in [5.74, 6) is 0. The van der Waals surface area contributed by atoms with Crippen molar-refractivity contribution in [2.45, 2.75) is 20.3 Å². The molecule has 0 amide bonds. The van der Waals surface area contributed by atoms with Crippen molar-refractivity contribution in [1.82, 2.24) is 0 Å². The Hall–Kier alpha value is -0.370. The van der Waals surface area contributed by atoms with Crippen molar-refractivity contribution in [2.24, 2.45) is 5.73 Å². The quantitative estimate of drug-likeness (QED) is 0.493. The van der Waals surface area contributed by atoms with Crippen LogP contribution < -0.4 is 5.73 Å². The zero-order chi connectivity index (χ0) is 6.12. The molecular formula is C5H13NO. The summed E-state index contributed by atoms with van der Waals surface area (Å²) in [7, 11) is 0. The molecule has 0 aliphatic heterocycles. The van der Waals surface area contributed by atoms with Gasteiger partial charge in [-0.25, -0.2) is 0 Å². The normalized spacial score (nSPS) is 6.14. The lowest BCUT2D eigenvalue weighted by molar-refractivity contribution is -0.106. The van der Waals surface area contributed by atoms with Crippen LogP contribution in [0.2, 0.25) is 0 Å². The van der Waals surface area contributed by atoms with Crippen LogP contribution in [0.15, 0.2) is 0 Å². The van der Waals surface area contributed by atoms with Crippen LogP contribution in [-0.4, -0.2) is 12.8 Å². The fourth-order valence-corrected chi connectivity index (χ4v) is 0. The smallest absolute Gasteiger partial charge is 0.133 e. The standard InChI is InChI=1S/C3H8.C2H5NO/c1-3-2;3-1-2-4/h3H2,1-2H3;2H,1,3H2. The highest BCUT2D eigenvalue weighted by Crippen LogP contribution is 1.56. The highest BCUT2D eigenvalue weighted by molar-refractivity contribution is 5.51. The molecule has 0 aliphatic carbocycles. The summed E-state index contributed by atoms with van der Waals surface area (Å²) in [6.45, 7) is 4.39. The molecule has 7 heavy (non-hydrogen) atoms. The molecule has 0 unspecified atom stereocenters. The average molecular weight is 103 g/mol. The van der Waals surface area contributed by atoms with Gasteiger partial charge in [0.2, 0.25) is 0 Å². The Morgan fingerprint density at radius 3 is 1.71 bits per heavy atom. The van der Waals surface area contributed by atoms with Crippen LogP contribution in [0.1, 0.15) is 20.3 Å². The molecule has 0 rings (SSSR count). The second kappa shape index (κ2) is 17.4. The molecule has 0 radical (unpaired) electrons. The average Bonchev–Trinajstić information content (AvgIpc) is 1.69. The Labute approximate surface area is 44.7 Å². The number of rotatable bonds is 1. The van der Waals surface area contributed by atoms with E-state index in [0.717, 1.165) is 0 Å². The maximum atomic E-state index is 9.05. The molecule has 0 fully saturated rings. The maximum absolute atomic E-state index is 9.05. The van der Waals surface area contributed by atoms with E-state index in [4.69, 9.17) is 4.79 Å². The van der Waals surface area contributed by atoms with Crippen molar-refractivity contribution in [3.63, 3.8) is 0 Å². The number of carbonyl (C=O) groups excluding carboxylic acids is 1. The van der Waals surface area contributed by atoms with E-state index in [1.807, 2.05) is 0 Å². The summed E-state index contributed by atoms with van der Waals surface area (Å²) in [5, 5.41) is 0. The minimum absolute atomic E-state index is 0.139. The third-order valence-corrected chi connectivity index (χ3v) is 0.0962. The van der Waals surface area contributed by atoms with Crippen LogP contribution in [0.5, 0.6) is 0 Å². The van der Waals surface area contributed by atoms with E-state index in [-0.39, 0.29) is 6.54 Å². The van der Waals surface area contributed by atoms with Crippen LogP contribution in [-0.2, 0) is 4.79 Å². The molecule has 0 aromatic heterocycles. The van der Waals surface area contributed by atoms with Crippen LogP contribution in [0.3, 0.4) is 0 Å². The highest BCUT2D eigenvalue weighted by atomic mass is 16.1. The van der Waals surface area contributed by atoms with Gasteiger partial charge >= 0.3 is 0 Å². The lowest BCUT2D eigenvalue weighted by Crippen LogP contribution is -1.97. The van der Waals surface area contributed by atoms with Gasteiger partial charge in [-0.05, 0) is 0 Å². The molecule has 0 saturated heterocycles. The molecule has 0 bridgehead atoms. The number of nitrogens with two attached hydrogens (primary N) is 1. The van der Waals surface area contributed by atoms with E-state index in [0.29, 0.717) is 6.29 Å². The lowest BCUT2D eigenvalue weighted by Gasteiger charge is -1.55. The third kappa shape index (κ3) is 187. The topological polar surface area (TPSA) is 43.1 Å². The first-order valence-corrected chi connectivity index (χ1v) is 2.47. The first-order valence-electron chi connectivity index (χ1n) is 2.47. The molecule has 0 saturated carbocycles. The van der Waals surface area contributed by atoms with Crippen LogP contribution >= 0.6 is 0 Å². The van der Waals surface area contributed by atoms with Crippen molar-refractivity contribution in [3.05, 3.63) is 0 Å². The van der Waals surface area contributed by atoms with E-state index < -0.39 is 0 Å². The molecule has 2 N–H and O–H groups in total. The second-order valence-corrected chi connectivity index (χ2v) is 1.11. The van der Waals surface area contributed by atoms with Gasteiger partial charge in [-0.3, -0.25) is 0 Å². The van der Waals surface area contributed by atoms with E-state index in [1.165, 1.54) is 6.42 Å². The van der Waals surface area contributed by atoms with Crippen molar-refractivity contribution in [1.29, 1.82) is 0 Å². The van der Waals surface area contributed by atoms with Crippen molar-refractivity contribution in [3.8, 4) is 0 Å². The molecule has 0 aromatic rings. The Morgan fingerprint density at radius 2 is 1.71 bits per heavy atom. The highest BCUT2D eigenvalue weighted by Gasteiger charge is 1.51. The summed E-state index contributed by atoms with van der Waals surface area (Å²) >= 11 is 0. The molecule has 44 valence electrons. The molecule has 0 aliphatic rings. The lowest BCUT2D eigenvalue weighted by atomic mass is 10.6. The van der Waals surface area contributed by atoms with E-state index >= 15 is 0 Å². The number of aldehydes is 1. The van der Waals surface area contributed by atoms with Gasteiger partial charge in [-0.2, -0.15) is 0 Å². The van der Waals surface area contributed by atoms with Crippen molar-refractivity contribution >= 4 is 6.29 Å². The molecule has 2 nitrogen and oxygen atoms in total. The number of carbonyl (C=O) groups is 1.